The molecule has 30 heavy (non-hydrogen) atoms. The third-order valence-corrected chi connectivity index (χ3v) is 6.74. The molecule has 3 aromatic carbocycles. The summed E-state index contributed by atoms with van der Waals surface area (Å²) in [4.78, 5) is 2.35. The molecule has 140 valence electrons. The van der Waals surface area contributed by atoms with Gasteiger partial charge in [-0.25, -0.2) is 0 Å². The maximum atomic E-state index is 6.61. The zero-order valence-electron chi connectivity index (χ0n) is 16.3. The third-order valence-electron chi connectivity index (χ3n) is 6.74. The molecule has 0 saturated heterocycles. The van der Waals surface area contributed by atoms with Crippen molar-refractivity contribution in [3.63, 3.8) is 0 Å². The maximum absolute atomic E-state index is 6.61. The smallest absolute Gasteiger partial charge is 0.531 e. The fourth-order valence-electron chi connectivity index (χ4n) is 5.58. The lowest BCUT2D eigenvalue weighted by molar-refractivity contribution is -0.671. The van der Waals surface area contributed by atoms with Crippen molar-refractivity contribution in [1.82, 2.24) is 0 Å². The van der Waals surface area contributed by atoms with Gasteiger partial charge < -0.3 is 13.9 Å². The molecular formula is C25H16BN2O2+. The molecule has 8 rings (SSSR count). The summed E-state index contributed by atoms with van der Waals surface area (Å²) < 4.78 is 15.1. The zero-order chi connectivity index (χ0) is 19.6. The third kappa shape index (κ3) is 1.65. The molecule has 0 spiro atoms. The summed E-state index contributed by atoms with van der Waals surface area (Å²) in [6.45, 7) is 3.10. The topological polar surface area (TPSA) is 29.5 Å². The van der Waals surface area contributed by atoms with Gasteiger partial charge in [-0.3, -0.25) is 0 Å². The van der Waals surface area contributed by atoms with Gasteiger partial charge in [0.15, 0.2) is 12.7 Å². The Kier molecular flexibility index (Phi) is 2.46. The SMILES string of the molecule is Cc1cc2c3c(c1)N1B(Oc4cc5c(cc41)oc1ccccc15)c1ccc[n+](c1-3)C2. The van der Waals surface area contributed by atoms with Crippen molar-refractivity contribution in [1.29, 1.82) is 0 Å². The first-order chi connectivity index (χ1) is 14.8. The highest BCUT2D eigenvalue weighted by Crippen LogP contribution is 2.50. The van der Waals surface area contributed by atoms with Gasteiger partial charge in [-0.15, -0.1) is 0 Å². The molecule has 3 aliphatic rings. The van der Waals surface area contributed by atoms with Crippen LogP contribution < -0.4 is 19.5 Å². The summed E-state index contributed by atoms with van der Waals surface area (Å²) >= 11 is 0. The highest BCUT2D eigenvalue weighted by molar-refractivity contribution is 6.77. The van der Waals surface area contributed by atoms with Crippen LogP contribution in [-0.4, -0.2) is 7.05 Å². The first kappa shape index (κ1) is 15.2. The monoisotopic (exact) mass is 387 g/mol. The molecule has 0 unspecified atom stereocenters. The number of furan rings is 1. The Morgan fingerprint density at radius 2 is 1.87 bits per heavy atom. The standard InChI is InChI=1S/C25H16BN2O2/c1-14-9-15-13-27-8-4-6-18-25(27)24(15)20(10-14)28-19-12-22-17(11-23(19)30-26(18)28)16-5-2-3-7-21(16)29-22/h2-12H,13H2,1H3/q+1. The second-order valence-electron chi connectivity index (χ2n) is 8.51. The van der Waals surface area contributed by atoms with Crippen LogP contribution in [0.4, 0.5) is 11.4 Å². The van der Waals surface area contributed by atoms with Crippen LogP contribution in [0.5, 0.6) is 5.75 Å². The van der Waals surface area contributed by atoms with Crippen molar-refractivity contribution < 1.29 is 13.6 Å². The van der Waals surface area contributed by atoms with Gasteiger partial charge in [0.2, 0.25) is 5.69 Å². The maximum Gasteiger partial charge on any atom is 0.531 e. The van der Waals surface area contributed by atoms with Gasteiger partial charge in [0, 0.05) is 34.2 Å². The summed E-state index contributed by atoms with van der Waals surface area (Å²) in [6, 6.07) is 21.4. The number of pyridine rings is 1. The first-order valence-electron chi connectivity index (χ1n) is 10.3. The number of para-hydroxylation sites is 1. The van der Waals surface area contributed by atoms with Gasteiger partial charge in [-0.05, 0) is 42.8 Å². The van der Waals surface area contributed by atoms with Crippen molar-refractivity contribution >= 4 is 45.8 Å². The van der Waals surface area contributed by atoms with Crippen LogP contribution in [0, 0.1) is 6.92 Å². The quantitative estimate of drug-likeness (QED) is 0.285. The van der Waals surface area contributed by atoms with Crippen LogP contribution in [0.2, 0.25) is 0 Å². The Hall–Kier alpha value is -3.73. The Balaban J connectivity index is 1.46. The average molecular weight is 387 g/mol. The van der Waals surface area contributed by atoms with Crippen molar-refractivity contribution in [3.8, 4) is 17.0 Å². The van der Waals surface area contributed by atoms with E-state index in [2.05, 4.69) is 71.0 Å². The average Bonchev–Trinajstić information content (AvgIpc) is 3.41. The van der Waals surface area contributed by atoms with Crippen molar-refractivity contribution in [2.45, 2.75) is 13.5 Å². The van der Waals surface area contributed by atoms with E-state index < -0.39 is 0 Å². The largest absolute Gasteiger partial charge is 0.536 e. The number of benzene rings is 3. The minimum Gasteiger partial charge on any atom is -0.536 e. The van der Waals surface area contributed by atoms with Crippen LogP contribution in [0.1, 0.15) is 11.1 Å². The van der Waals surface area contributed by atoms with E-state index in [-0.39, 0.29) is 7.05 Å². The van der Waals surface area contributed by atoms with E-state index in [1.807, 2.05) is 12.1 Å². The summed E-state index contributed by atoms with van der Waals surface area (Å²) in [6.07, 6.45) is 2.18. The van der Waals surface area contributed by atoms with E-state index in [0.717, 1.165) is 39.9 Å². The highest BCUT2D eigenvalue weighted by Gasteiger charge is 2.51. The molecule has 2 aromatic heterocycles. The second kappa shape index (κ2) is 4.87. The lowest BCUT2D eigenvalue weighted by atomic mass is 9.66. The van der Waals surface area contributed by atoms with Crippen LogP contribution in [-0.2, 0) is 6.54 Å². The van der Waals surface area contributed by atoms with Gasteiger partial charge in [0.05, 0.1) is 16.7 Å². The van der Waals surface area contributed by atoms with Crippen molar-refractivity contribution in [2.24, 2.45) is 0 Å². The molecule has 0 aliphatic carbocycles. The van der Waals surface area contributed by atoms with E-state index in [4.69, 9.17) is 9.07 Å². The van der Waals surface area contributed by atoms with Gasteiger partial charge in [-0.1, -0.05) is 18.2 Å². The lowest BCUT2D eigenvalue weighted by Gasteiger charge is -2.28. The van der Waals surface area contributed by atoms with Crippen LogP contribution >= 0.6 is 0 Å². The summed E-state index contributed by atoms with van der Waals surface area (Å²) in [7, 11) is -0.152. The van der Waals surface area contributed by atoms with Crippen LogP contribution in [0.3, 0.4) is 0 Å². The fraction of sp³-hybridized carbons (Fsp3) is 0.0800. The minimum absolute atomic E-state index is 0.152. The van der Waals surface area contributed by atoms with Crippen molar-refractivity contribution in [2.75, 3.05) is 4.81 Å². The first-order valence-corrected chi connectivity index (χ1v) is 10.3. The van der Waals surface area contributed by atoms with E-state index in [1.165, 1.54) is 33.5 Å². The summed E-state index contributed by atoms with van der Waals surface area (Å²) in [5, 5.41) is 2.23. The molecule has 5 aromatic rings. The molecule has 0 radical (unpaired) electrons. The van der Waals surface area contributed by atoms with Crippen LogP contribution in [0.25, 0.3) is 33.2 Å². The molecule has 0 N–H and O–H groups in total. The molecule has 4 nitrogen and oxygen atoms in total. The molecule has 0 saturated carbocycles. The van der Waals surface area contributed by atoms with Gasteiger partial charge in [-0.2, -0.15) is 4.57 Å². The van der Waals surface area contributed by atoms with E-state index >= 15 is 0 Å². The number of aryl methyl sites for hydroxylation is 1. The molecule has 0 amide bonds. The zero-order valence-corrected chi connectivity index (χ0v) is 16.3. The van der Waals surface area contributed by atoms with Crippen LogP contribution in [0.15, 0.2) is 71.3 Å². The highest BCUT2D eigenvalue weighted by atomic mass is 16.5. The number of nitrogens with zero attached hydrogens (tertiary/aromatic N) is 2. The Morgan fingerprint density at radius 3 is 2.83 bits per heavy atom. The molecule has 5 heterocycles. The van der Waals surface area contributed by atoms with E-state index in [1.54, 1.807) is 0 Å². The number of aromatic nitrogens is 1. The summed E-state index contributed by atoms with van der Waals surface area (Å²) in [5.74, 6) is 0.914. The Bertz CT molecular complexity index is 1590. The predicted octanol–water partition coefficient (Wildman–Crippen LogP) is 4.45. The number of hydrogen-bond donors (Lipinski definition) is 0. The van der Waals surface area contributed by atoms with Crippen molar-refractivity contribution in [3.05, 3.63) is 78.0 Å². The molecule has 0 bridgehead atoms. The van der Waals surface area contributed by atoms with E-state index in [9.17, 15) is 0 Å². The predicted molar refractivity (Wildman–Crippen MR) is 118 cm³/mol. The molecule has 5 heteroatoms. The number of fused-ring (bicyclic) bond motifs is 8. The lowest BCUT2D eigenvalue weighted by Crippen LogP contribution is -2.53. The second-order valence-corrected chi connectivity index (χ2v) is 8.51. The Labute approximate surface area is 173 Å². The molecule has 3 aliphatic heterocycles. The number of hydrogen-bond acceptors (Lipinski definition) is 3. The Morgan fingerprint density at radius 1 is 0.933 bits per heavy atom. The molecule has 0 atom stereocenters. The number of rotatable bonds is 0. The fourth-order valence-corrected chi connectivity index (χ4v) is 5.58. The van der Waals surface area contributed by atoms with Gasteiger partial charge in [0.25, 0.3) is 0 Å². The molecule has 0 fully saturated rings. The summed E-state index contributed by atoms with van der Waals surface area (Å²) in [5.41, 5.74) is 10.6. The van der Waals surface area contributed by atoms with Gasteiger partial charge >= 0.3 is 7.05 Å². The number of anilines is 2. The normalized spacial score (nSPS) is 14.8. The minimum atomic E-state index is -0.152. The molecular weight excluding hydrogens is 371 g/mol. The van der Waals surface area contributed by atoms with Gasteiger partial charge in [0.1, 0.15) is 16.9 Å². The van der Waals surface area contributed by atoms with E-state index in [0.29, 0.717) is 0 Å².